The van der Waals surface area contributed by atoms with Crippen LogP contribution in [0.25, 0.3) is 0 Å². The Labute approximate surface area is 89.1 Å². The van der Waals surface area contributed by atoms with Crippen LogP contribution in [-0.4, -0.2) is 23.1 Å². The van der Waals surface area contributed by atoms with Crippen LogP contribution in [-0.2, 0) is 0 Å². The molecule has 0 fully saturated rings. The van der Waals surface area contributed by atoms with E-state index >= 15 is 0 Å². The Kier molecular flexibility index (Phi) is 4.83. The van der Waals surface area contributed by atoms with E-state index in [1.807, 2.05) is 0 Å². The van der Waals surface area contributed by atoms with Crippen LogP contribution in [0.1, 0.15) is 19.8 Å². The fourth-order valence-electron chi connectivity index (χ4n) is 1.40. The molecule has 0 bridgehead atoms. The number of nitrogens with two attached hydrogens (primary N) is 1. The van der Waals surface area contributed by atoms with Crippen molar-refractivity contribution in [2.75, 3.05) is 18.4 Å². The first-order chi connectivity index (χ1) is 7.26. The molecule has 1 aromatic heterocycles. The molecule has 1 heterocycles. The maximum Gasteiger partial charge on any atom is 0.252 e. The summed E-state index contributed by atoms with van der Waals surface area (Å²) in [4.78, 5) is 17.5. The van der Waals surface area contributed by atoms with Crippen molar-refractivity contribution in [2.45, 2.75) is 19.8 Å². The van der Waals surface area contributed by atoms with Crippen molar-refractivity contribution in [2.24, 2.45) is 11.7 Å². The van der Waals surface area contributed by atoms with Crippen LogP contribution in [0.2, 0.25) is 0 Å². The zero-order valence-electron chi connectivity index (χ0n) is 8.99. The van der Waals surface area contributed by atoms with E-state index in [9.17, 15) is 4.79 Å². The van der Waals surface area contributed by atoms with Gasteiger partial charge in [-0.25, -0.2) is 4.98 Å². The van der Waals surface area contributed by atoms with E-state index in [2.05, 4.69) is 22.2 Å². The Morgan fingerprint density at radius 1 is 1.67 bits per heavy atom. The third kappa shape index (κ3) is 4.12. The van der Waals surface area contributed by atoms with Crippen LogP contribution < -0.4 is 16.6 Å². The van der Waals surface area contributed by atoms with Crippen LogP contribution in [0.15, 0.2) is 17.2 Å². The normalized spacial score (nSPS) is 12.4. The molecule has 0 aromatic carbocycles. The molecule has 84 valence electrons. The molecule has 0 saturated heterocycles. The fourth-order valence-corrected chi connectivity index (χ4v) is 1.40. The summed E-state index contributed by atoms with van der Waals surface area (Å²) in [6.07, 6.45) is 3.47. The van der Waals surface area contributed by atoms with Crippen LogP contribution in [0.5, 0.6) is 0 Å². The van der Waals surface area contributed by atoms with Crippen molar-refractivity contribution in [1.29, 1.82) is 0 Å². The molecule has 0 saturated carbocycles. The van der Waals surface area contributed by atoms with Crippen molar-refractivity contribution in [3.63, 3.8) is 0 Å². The second-order valence-electron chi connectivity index (χ2n) is 3.53. The molecule has 1 aromatic rings. The molecule has 1 unspecified atom stereocenters. The molecule has 0 aliphatic carbocycles. The first-order valence-electron chi connectivity index (χ1n) is 5.25. The lowest BCUT2D eigenvalue weighted by atomic mass is 10.0. The molecule has 15 heavy (non-hydrogen) atoms. The number of rotatable bonds is 6. The Hall–Kier alpha value is -1.36. The van der Waals surface area contributed by atoms with Gasteiger partial charge in [0.15, 0.2) is 0 Å². The monoisotopic (exact) mass is 210 g/mol. The smallest absolute Gasteiger partial charge is 0.252 e. The minimum absolute atomic E-state index is 0.139. The number of H-pyrrole nitrogens is 1. The lowest BCUT2D eigenvalue weighted by molar-refractivity contribution is 0.501. The van der Waals surface area contributed by atoms with Gasteiger partial charge in [0.25, 0.3) is 5.56 Å². The minimum atomic E-state index is -0.139. The van der Waals surface area contributed by atoms with Gasteiger partial charge in [-0.1, -0.05) is 13.3 Å². The topological polar surface area (TPSA) is 83.8 Å². The van der Waals surface area contributed by atoms with Gasteiger partial charge in [-0.2, -0.15) is 0 Å². The maximum absolute atomic E-state index is 11.0. The highest BCUT2D eigenvalue weighted by Gasteiger charge is 2.05. The summed E-state index contributed by atoms with van der Waals surface area (Å²) >= 11 is 0. The second-order valence-corrected chi connectivity index (χ2v) is 3.53. The number of nitrogens with one attached hydrogen (secondary N) is 2. The van der Waals surface area contributed by atoms with E-state index in [1.165, 1.54) is 12.4 Å². The second kappa shape index (κ2) is 6.19. The Bertz CT molecular complexity index is 336. The van der Waals surface area contributed by atoms with Crippen LogP contribution in [0.4, 0.5) is 5.82 Å². The van der Waals surface area contributed by atoms with E-state index in [1.54, 1.807) is 0 Å². The average Bonchev–Trinajstić information content (AvgIpc) is 2.24. The van der Waals surface area contributed by atoms with Gasteiger partial charge in [-0.3, -0.25) is 4.79 Å². The Morgan fingerprint density at radius 2 is 2.47 bits per heavy atom. The lowest BCUT2D eigenvalue weighted by Gasteiger charge is -2.14. The minimum Gasteiger partial charge on any atom is -0.370 e. The van der Waals surface area contributed by atoms with Gasteiger partial charge in [0.1, 0.15) is 5.82 Å². The molecule has 0 spiro atoms. The fraction of sp³-hybridized carbons (Fsp3) is 0.600. The number of aromatic nitrogens is 2. The standard InChI is InChI=1S/C10H18N4O/c1-2-8(3-4-11)6-12-9-5-10(15)14-7-13-9/h5,7-8H,2-4,6,11H2,1H3,(H2,12,13,14,15). The van der Waals surface area contributed by atoms with Crippen molar-refractivity contribution < 1.29 is 0 Å². The average molecular weight is 210 g/mol. The van der Waals surface area contributed by atoms with Gasteiger partial charge in [0, 0.05) is 12.6 Å². The van der Waals surface area contributed by atoms with Crippen molar-refractivity contribution in [1.82, 2.24) is 9.97 Å². The molecule has 0 aliphatic heterocycles. The van der Waals surface area contributed by atoms with Gasteiger partial charge in [-0.05, 0) is 18.9 Å². The van der Waals surface area contributed by atoms with Gasteiger partial charge >= 0.3 is 0 Å². The molecular formula is C10H18N4O. The molecule has 5 heteroatoms. The highest BCUT2D eigenvalue weighted by Crippen LogP contribution is 2.07. The number of hydrogen-bond acceptors (Lipinski definition) is 4. The quantitative estimate of drug-likeness (QED) is 0.640. The molecule has 0 aliphatic rings. The molecule has 4 N–H and O–H groups in total. The number of anilines is 1. The number of nitrogens with zero attached hydrogens (tertiary/aromatic N) is 1. The molecule has 1 atom stereocenters. The number of hydrogen-bond donors (Lipinski definition) is 3. The van der Waals surface area contributed by atoms with Gasteiger partial charge in [0.05, 0.1) is 6.33 Å². The summed E-state index contributed by atoms with van der Waals surface area (Å²) in [5.74, 6) is 1.16. The third-order valence-corrected chi connectivity index (χ3v) is 2.40. The Morgan fingerprint density at radius 3 is 3.07 bits per heavy atom. The Balaban J connectivity index is 2.45. The highest BCUT2D eigenvalue weighted by atomic mass is 16.1. The van der Waals surface area contributed by atoms with Crippen molar-refractivity contribution >= 4 is 5.82 Å². The summed E-state index contributed by atoms with van der Waals surface area (Å²) in [5, 5.41) is 3.13. The van der Waals surface area contributed by atoms with Crippen molar-refractivity contribution in [3.05, 3.63) is 22.7 Å². The summed E-state index contributed by atoms with van der Waals surface area (Å²) in [6.45, 7) is 3.64. The van der Waals surface area contributed by atoms with Gasteiger partial charge in [0.2, 0.25) is 0 Å². The predicted molar refractivity (Wildman–Crippen MR) is 60.8 cm³/mol. The largest absolute Gasteiger partial charge is 0.370 e. The van der Waals surface area contributed by atoms with Gasteiger partial charge < -0.3 is 16.0 Å². The van der Waals surface area contributed by atoms with Crippen molar-refractivity contribution in [3.8, 4) is 0 Å². The predicted octanol–water partition coefficient (Wildman–Crippen LogP) is 0.557. The first kappa shape index (κ1) is 11.7. The number of aromatic amines is 1. The third-order valence-electron chi connectivity index (χ3n) is 2.40. The molecule has 0 amide bonds. The molecule has 0 radical (unpaired) electrons. The molecule has 1 rings (SSSR count). The summed E-state index contributed by atoms with van der Waals surface area (Å²) in [6, 6.07) is 1.45. The molecular weight excluding hydrogens is 192 g/mol. The van der Waals surface area contributed by atoms with E-state index < -0.39 is 0 Å². The zero-order chi connectivity index (χ0) is 11.1. The van der Waals surface area contributed by atoms with E-state index in [0.717, 1.165) is 19.4 Å². The highest BCUT2D eigenvalue weighted by molar-refractivity contribution is 5.31. The zero-order valence-corrected chi connectivity index (χ0v) is 8.99. The molecule has 5 nitrogen and oxygen atoms in total. The SMILES string of the molecule is CCC(CCN)CNc1cc(=O)[nH]cn1. The summed E-state index contributed by atoms with van der Waals surface area (Å²) < 4.78 is 0. The van der Waals surface area contributed by atoms with Gasteiger partial charge in [-0.15, -0.1) is 0 Å². The van der Waals surface area contributed by atoms with Crippen LogP contribution >= 0.6 is 0 Å². The van der Waals surface area contributed by atoms with Crippen LogP contribution in [0, 0.1) is 5.92 Å². The van der Waals surface area contributed by atoms with Crippen LogP contribution in [0.3, 0.4) is 0 Å². The van der Waals surface area contributed by atoms with E-state index in [0.29, 0.717) is 18.3 Å². The van der Waals surface area contributed by atoms with E-state index in [4.69, 9.17) is 5.73 Å². The summed E-state index contributed by atoms with van der Waals surface area (Å²) in [5.41, 5.74) is 5.36. The first-order valence-corrected chi connectivity index (χ1v) is 5.25. The maximum atomic E-state index is 11.0. The van der Waals surface area contributed by atoms with E-state index in [-0.39, 0.29) is 5.56 Å². The summed E-state index contributed by atoms with van der Waals surface area (Å²) in [7, 11) is 0. The lowest BCUT2D eigenvalue weighted by Crippen LogP contribution is -2.19.